The minimum Gasteiger partial charge on any atom is -0.338 e. The molecule has 0 bridgehead atoms. The second-order valence-corrected chi connectivity index (χ2v) is 7.32. The van der Waals surface area contributed by atoms with Crippen LogP contribution in [0.3, 0.4) is 0 Å². The first-order valence-corrected chi connectivity index (χ1v) is 8.64. The van der Waals surface area contributed by atoms with E-state index in [2.05, 4.69) is 17.2 Å². The first-order valence-electron chi connectivity index (χ1n) is 8.64. The summed E-state index contributed by atoms with van der Waals surface area (Å²) in [6.45, 7) is 3.63. The third-order valence-corrected chi connectivity index (χ3v) is 5.25. The number of hydrogen-bond acceptors (Lipinski definition) is 3. The summed E-state index contributed by atoms with van der Waals surface area (Å²) in [7, 11) is 3.50. The van der Waals surface area contributed by atoms with Crippen LogP contribution in [0.15, 0.2) is 18.3 Å². The lowest BCUT2D eigenvalue weighted by atomic mass is 9.65. The number of likely N-dealkylation sites (tertiary alicyclic amines) is 1. The van der Waals surface area contributed by atoms with E-state index < -0.39 is 0 Å². The smallest absolute Gasteiger partial charge is 0.317 e. The van der Waals surface area contributed by atoms with Gasteiger partial charge in [0.25, 0.3) is 5.91 Å². The van der Waals surface area contributed by atoms with Crippen LogP contribution in [0, 0.1) is 5.41 Å². The van der Waals surface area contributed by atoms with Crippen molar-refractivity contribution in [1.29, 1.82) is 0 Å². The largest absolute Gasteiger partial charge is 0.338 e. The second-order valence-electron chi connectivity index (χ2n) is 7.32. The van der Waals surface area contributed by atoms with Gasteiger partial charge in [-0.05, 0) is 43.2 Å². The van der Waals surface area contributed by atoms with Crippen molar-refractivity contribution in [2.45, 2.75) is 38.6 Å². The minimum atomic E-state index is -0.0390. The summed E-state index contributed by atoms with van der Waals surface area (Å²) < 4.78 is 0. The Morgan fingerprint density at radius 1 is 1.38 bits per heavy atom. The van der Waals surface area contributed by atoms with Gasteiger partial charge >= 0.3 is 6.03 Å². The fraction of sp³-hybridized carbons (Fsp3) is 0.611. The standard InChI is InChI=1S/C18H26N4O2/c1-4-14-6-5-13(11-19-14)16(23)22-8-7-18(12-22)9-15(10-18)20-17(24)21(2)3/h5-6,11,15H,4,7-10,12H2,1-3H3,(H,20,24). The molecular formula is C18H26N4O2. The molecule has 1 aromatic rings. The number of aryl methyl sites for hydroxylation is 1. The number of carbonyl (C=O) groups is 2. The third-order valence-electron chi connectivity index (χ3n) is 5.25. The lowest BCUT2D eigenvalue weighted by Gasteiger charge is -2.45. The van der Waals surface area contributed by atoms with Crippen LogP contribution in [-0.2, 0) is 6.42 Å². The lowest BCUT2D eigenvalue weighted by Crippen LogP contribution is -2.54. The fourth-order valence-corrected chi connectivity index (χ4v) is 3.78. The first kappa shape index (κ1) is 16.7. The van der Waals surface area contributed by atoms with E-state index in [0.29, 0.717) is 5.56 Å². The van der Waals surface area contributed by atoms with Crippen molar-refractivity contribution in [3.8, 4) is 0 Å². The Bertz CT molecular complexity index is 620. The number of urea groups is 1. The fourth-order valence-electron chi connectivity index (χ4n) is 3.78. The van der Waals surface area contributed by atoms with E-state index >= 15 is 0 Å². The summed E-state index contributed by atoms with van der Waals surface area (Å²) >= 11 is 0. The highest BCUT2D eigenvalue weighted by Gasteiger charge is 2.49. The molecule has 1 aromatic heterocycles. The molecule has 1 saturated carbocycles. The molecule has 1 aliphatic heterocycles. The predicted octanol–water partition coefficient (Wildman–Crippen LogP) is 1.91. The molecule has 1 aliphatic carbocycles. The number of amides is 3. The zero-order valence-corrected chi connectivity index (χ0v) is 14.7. The predicted molar refractivity (Wildman–Crippen MR) is 91.8 cm³/mol. The quantitative estimate of drug-likeness (QED) is 0.921. The maximum atomic E-state index is 12.6. The highest BCUT2D eigenvalue weighted by atomic mass is 16.2. The molecule has 1 spiro atoms. The van der Waals surface area contributed by atoms with E-state index in [0.717, 1.165) is 44.5 Å². The van der Waals surface area contributed by atoms with Crippen molar-refractivity contribution in [1.82, 2.24) is 20.1 Å². The topological polar surface area (TPSA) is 65.5 Å². The molecule has 1 saturated heterocycles. The Hall–Kier alpha value is -2.11. The molecule has 24 heavy (non-hydrogen) atoms. The summed E-state index contributed by atoms with van der Waals surface area (Å²) in [5.74, 6) is 0.0720. The van der Waals surface area contributed by atoms with Crippen molar-refractivity contribution < 1.29 is 9.59 Å². The Morgan fingerprint density at radius 2 is 2.12 bits per heavy atom. The minimum absolute atomic E-state index is 0.0390. The average molecular weight is 330 g/mol. The Kier molecular flexibility index (Phi) is 4.47. The Balaban J connectivity index is 1.54. The van der Waals surface area contributed by atoms with Crippen molar-refractivity contribution in [2.24, 2.45) is 5.41 Å². The van der Waals surface area contributed by atoms with Gasteiger partial charge < -0.3 is 15.1 Å². The molecule has 0 unspecified atom stereocenters. The zero-order valence-electron chi connectivity index (χ0n) is 14.7. The summed E-state index contributed by atoms with van der Waals surface area (Å²) in [5, 5.41) is 3.03. The van der Waals surface area contributed by atoms with Gasteiger partial charge in [0.2, 0.25) is 0 Å². The van der Waals surface area contributed by atoms with Crippen LogP contribution in [0.2, 0.25) is 0 Å². The molecule has 6 heteroatoms. The SMILES string of the molecule is CCc1ccc(C(=O)N2CCC3(CC(NC(=O)N(C)C)C3)C2)cn1. The Morgan fingerprint density at radius 3 is 2.71 bits per heavy atom. The van der Waals surface area contributed by atoms with Crippen molar-refractivity contribution in [3.63, 3.8) is 0 Å². The lowest BCUT2D eigenvalue weighted by molar-refractivity contribution is 0.0664. The van der Waals surface area contributed by atoms with Crippen LogP contribution in [0.5, 0.6) is 0 Å². The summed E-state index contributed by atoms with van der Waals surface area (Å²) in [4.78, 5) is 32.2. The van der Waals surface area contributed by atoms with Gasteiger partial charge in [-0.3, -0.25) is 9.78 Å². The van der Waals surface area contributed by atoms with Crippen LogP contribution in [-0.4, -0.2) is 59.9 Å². The van der Waals surface area contributed by atoms with Gasteiger partial charge in [0, 0.05) is 45.1 Å². The number of pyridine rings is 1. The maximum absolute atomic E-state index is 12.6. The molecular weight excluding hydrogens is 304 g/mol. The van der Waals surface area contributed by atoms with Crippen LogP contribution in [0.1, 0.15) is 42.2 Å². The summed E-state index contributed by atoms with van der Waals surface area (Å²) in [6.07, 6.45) is 5.51. The van der Waals surface area contributed by atoms with Gasteiger partial charge in [0.1, 0.15) is 0 Å². The number of nitrogens with one attached hydrogen (secondary N) is 1. The van der Waals surface area contributed by atoms with Crippen LogP contribution in [0.4, 0.5) is 4.79 Å². The molecule has 0 atom stereocenters. The zero-order chi connectivity index (χ0) is 17.3. The highest BCUT2D eigenvalue weighted by molar-refractivity contribution is 5.94. The molecule has 0 aromatic carbocycles. The second kappa shape index (κ2) is 6.42. The van der Waals surface area contributed by atoms with Gasteiger partial charge in [0.05, 0.1) is 5.56 Å². The number of hydrogen-bond donors (Lipinski definition) is 1. The summed E-state index contributed by atoms with van der Waals surface area (Å²) in [6, 6.07) is 4.00. The number of carbonyl (C=O) groups excluding carboxylic acids is 2. The van der Waals surface area contributed by atoms with Crippen molar-refractivity contribution in [3.05, 3.63) is 29.6 Å². The first-order chi connectivity index (χ1) is 11.4. The van der Waals surface area contributed by atoms with E-state index in [1.165, 1.54) is 0 Å². The van der Waals surface area contributed by atoms with E-state index in [-0.39, 0.29) is 23.4 Å². The van der Waals surface area contributed by atoms with E-state index in [1.807, 2.05) is 17.0 Å². The molecule has 1 N–H and O–H groups in total. The van der Waals surface area contributed by atoms with Gasteiger partial charge in [0.15, 0.2) is 0 Å². The van der Waals surface area contributed by atoms with E-state index in [9.17, 15) is 9.59 Å². The van der Waals surface area contributed by atoms with Crippen LogP contribution in [0.25, 0.3) is 0 Å². The number of nitrogens with zero attached hydrogens (tertiary/aromatic N) is 3. The number of aromatic nitrogens is 1. The highest BCUT2D eigenvalue weighted by Crippen LogP contribution is 2.48. The molecule has 6 nitrogen and oxygen atoms in total. The van der Waals surface area contributed by atoms with Gasteiger partial charge in [-0.25, -0.2) is 4.79 Å². The van der Waals surface area contributed by atoms with E-state index in [1.54, 1.807) is 25.2 Å². The maximum Gasteiger partial charge on any atom is 0.317 e. The molecule has 3 amide bonds. The van der Waals surface area contributed by atoms with Crippen molar-refractivity contribution >= 4 is 11.9 Å². The summed E-state index contributed by atoms with van der Waals surface area (Å²) in [5.41, 5.74) is 1.86. The van der Waals surface area contributed by atoms with Crippen LogP contribution >= 0.6 is 0 Å². The van der Waals surface area contributed by atoms with Gasteiger partial charge in [-0.15, -0.1) is 0 Å². The molecule has 2 aliphatic rings. The molecule has 130 valence electrons. The van der Waals surface area contributed by atoms with Crippen molar-refractivity contribution in [2.75, 3.05) is 27.2 Å². The van der Waals surface area contributed by atoms with E-state index in [4.69, 9.17) is 0 Å². The molecule has 3 rings (SSSR count). The number of rotatable bonds is 3. The monoisotopic (exact) mass is 330 g/mol. The molecule has 2 fully saturated rings. The van der Waals surface area contributed by atoms with Gasteiger partial charge in [-0.1, -0.05) is 6.92 Å². The Labute approximate surface area is 143 Å². The average Bonchev–Trinajstić information content (AvgIpc) is 2.99. The molecule has 0 radical (unpaired) electrons. The van der Waals surface area contributed by atoms with Crippen LogP contribution < -0.4 is 5.32 Å². The van der Waals surface area contributed by atoms with Gasteiger partial charge in [-0.2, -0.15) is 0 Å². The normalized spacial score (nSPS) is 25.5. The molecule has 2 heterocycles. The third kappa shape index (κ3) is 3.23.